The SMILES string of the molecule is CC(=O)C[C@H](NC(=O)OC(C)(C)C)c1ccco1. The van der Waals surface area contributed by atoms with Crippen LogP contribution in [0.4, 0.5) is 4.79 Å². The first-order valence-corrected chi connectivity index (χ1v) is 5.80. The van der Waals surface area contributed by atoms with Gasteiger partial charge in [0.15, 0.2) is 0 Å². The second kappa shape index (κ2) is 5.71. The molecule has 100 valence electrons. The number of carbonyl (C=O) groups excluding carboxylic acids is 2. The van der Waals surface area contributed by atoms with Crippen LogP contribution in [-0.4, -0.2) is 17.5 Å². The molecule has 0 unspecified atom stereocenters. The highest BCUT2D eigenvalue weighted by molar-refractivity contribution is 5.77. The Hall–Kier alpha value is -1.78. The third-order valence-electron chi connectivity index (χ3n) is 2.07. The summed E-state index contributed by atoms with van der Waals surface area (Å²) >= 11 is 0. The van der Waals surface area contributed by atoms with Gasteiger partial charge in [-0.2, -0.15) is 0 Å². The molecule has 5 nitrogen and oxygen atoms in total. The third-order valence-corrected chi connectivity index (χ3v) is 2.07. The van der Waals surface area contributed by atoms with Gasteiger partial charge in [-0.1, -0.05) is 0 Å². The average molecular weight is 253 g/mol. The minimum atomic E-state index is -0.575. The zero-order chi connectivity index (χ0) is 13.8. The van der Waals surface area contributed by atoms with Crippen molar-refractivity contribution in [1.29, 1.82) is 0 Å². The number of ketones is 1. The molecule has 1 N–H and O–H groups in total. The van der Waals surface area contributed by atoms with E-state index in [1.165, 1.54) is 13.2 Å². The summed E-state index contributed by atoms with van der Waals surface area (Å²) in [6.07, 6.45) is 1.11. The van der Waals surface area contributed by atoms with Crippen LogP contribution in [0.2, 0.25) is 0 Å². The largest absolute Gasteiger partial charge is 0.467 e. The van der Waals surface area contributed by atoms with E-state index in [2.05, 4.69) is 5.32 Å². The molecular weight excluding hydrogens is 234 g/mol. The van der Waals surface area contributed by atoms with Crippen LogP contribution in [0.25, 0.3) is 0 Å². The molecule has 1 rings (SSSR count). The Labute approximate surface area is 106 Å². The van der Waals surface area contributed by atoms with Crippen LogP contribution in [-0.2, 0) is 9.53 Å². The summed E-state index contributed by atoms with van der Waals surface area (Å²) in [5, 5.41) is 2.63. The molecule has 0 aromatic carbocycles. The maximum Gasteiger partial charge on any atom is 0.408 e. The minimum absolute atomic E-state index is 0.0348. The molecule has 0 saturated heterocycles. The fourth-order valence-electron chi connectivity index (χ4n) is 1.45. The smallest absolute Gasteiger partial charge is 0.408 e. The van der Waals surface area contributed by atoms with Crippen LogP contribution in [0.15, 0.2) is 22.8 Å². The van der Waals surface area contributed by atoms with Gasteiger partial charge in [-0.15, -0.1) is 0 Å². The second-order valence-corrected chi connectivity index (χ2v) is 5.12. The molecule has 1 amide bonds. The summed E-state index contributed by atoms with van der Waals surface area (Å²) in [4.78, 5) is 22.8. The molecule has 1 aromatic rings. The molecule has 0 fully saturated rings. The van der Waals surface area contributed by atoms with Crippen LogP contribution < -0.4 is 5.32 Å². The van der Waals surface area contributed by atoms with Crippen molar-refractivity contribution in [1.82, 2.24) is 5.32 Å². The van der Waals surface area contributed by atoms with Gasteiger partial charge in [-0.3, -0.25) is 4.79 Å². The lowest BCUT2D eigenvalue weighted by Gasteiger charge is -2.22. The summed E-state index contributed by atoms with van der Waals surface area (Å²) in [5.74, 6) is 0.503. The topological polar surface area (TPSA) is 68.5 Å². The number of hydrogen-bond acceptors (Lipinski definition) is 4. The number of Topliss-reactive ketones (excluding diaryl/α,β-unsaturated/α-hetero) is 1. The molecule has 1 aromatic heterocycles. The molecule has 0 aliphatic heterocycles. The Morgan fingerprint density at radius 1 is 1.44 bits per heavy atom. The number of rotatable bonds is 4. The number of nitrogens with one attached hydrogen (secondary N) is 1. The number of hydrogen-bond donors (Lipinski definition) is 1. The zero-order valence-corrected chi connectivity index (χ0v) is 11.1. The molecule has 0 spiro atoms. The van der Waals surface area contributed by atoms with Gasteiger partial charge >= 0.3 is 6.09 Å². The summed E-state index contributed by atoms with van der Waals surface area (Å²) in [5.41, 5.74) is -0.575. The summed E-state index contributed by atoms with van der Waals surface area (Å²) < 4.78 is 10.3. The maximum atomic E-state index is 11.7. The predicted molar refractivity (Wildman–Crippen MR) is 66.1 cm³/mol. The van der Waals surface area contributed by atoms with Crippen molar-refractivity contribution in [2.24, 2.45) is 0 Å². The van der Waals surface area contributed by atoms with E-state index >= 15 is 0 Å². The van der Waals surface area contributed by atoms with Crippen LogP contribution in [0.5, 0.6) is 0 Å². The van der Waals surface area contributed by atoms with Crippen molar-refractivity contribution in [3.8, 4) is 0 Å². The Morgan fingerprint density at radius 2 is 2.11 bits per heavy atom. The van der Waals surface area contributed by atoms with Gasteiger partial charge in [-0.05, 0) is 39.8 Å². The van der Waals surface area contributed by atoms with Crippen molar-refractivity contribution in [3.05, 3.63) is 24.2 Å². The molecule has 18 heavy (non-hydrogen) atoms. The van der Waals surface area contributed by atoms with E-state index in [0.717, 1.165) is 0 Å². The second-order valence-electron chi connectivity index (χ2n) is 5.12. The Morgan fingerprint density at radius 3 is 2.56 bits per heavy atom. The monoisotopic (exact) mass is 253 g/mol. The molecule has 0 bridgehead atoms. The Balaban J connectivity index is 2.68. The fraction of sp³-hybridized carbons (Fsp3) is 0.538. The summed E-state index contributed by atoms with van der Waals surface area (Å²) in [7, 11) is 0. The van der Waals surface area contributed by atoms with E-state index in [1.54, 1.807) is 32.9 Å². The molecule has 0 aliphatic carbocycles. The first-order chi connectivity index (χ1) is 8.28. The van der Waals surface area contributed by atoms with Crippen LogP contribution in [0, 0.1) is 0 Å². The lowest BCUT2D eigenvalue weighted by atomic mass is 10.1. The van der Waals surface area contributed by atoms with Gasteiger partial charge in [0.05, 0.1) is 12.3 Å². The van der Waals surface area contributed by atoms with E-state index in [-0.39, 0.29) is 12.2 Å². The molecule has 0 radical (unpaired) electrons. The van der Waals surface area contributed by atoms with Crippen LogP contribution >= 0.6 is 0 Å². The van der Waals surface area contributed by atoms with Gasteiger partial charge in [0.2, 0.25) is 0 Å². The van der Waals surface area contributed by atoms with Crippen molar-refractivity contribution in [3.63, 3.8) is 0 Å². The van der Waals surface area contributed by atoms with Gasteiger partial charge in [0.1, 0.15) is 17.1 Å². The summed E-state index contributed by atoms with van der Waals surface area (Å²) in [6, 6.07) is 2.93. The van der Waals surface area contributed by atoms with E-state index in [9.17, 15) is 9.59 Å². The van der Waals surface area contributed by atoms with Crippen LogP contribution in [0.1, 0.15) is 45.9 Å². The highest BCUT2D eigenvalue weighted by atomic mass is 16.6. The van der Waals surface area contributed by atoms with Gasteiger partial charge in [0.25, 0.3) is 0 Å². The quantitative estimate of drug-likeness (QED) is 0.895. The fourth-order valence-corrected chi connectivity index (χ4v) is 1.45. The van der Waals surface area contributed by atoms with Crippen molar-refractivity contribution in [2.45, 2.75) is 45.8 Å². The highest BCUT2D eigenvalue weighted by Crippen LogP contribution is 2.18. The van der Waals surface area contributed by atoms with Gasteiger partial charge in [-0.25, -0.2) is 4.79 Å². The van der Waals surface area contributed by atoms with E-state index < -0.39 is 17.7 Å². The number of carbonyl (C=O) groups is 2. The number of alkyl carbamates (subject to hydrolysis) is 1. The molecule has 0 aliphatic rings. The van der Waals surface area contributed by atoms with Gasteiger partial charge in [0, 0.05) is 6.42 Å². The molecule has 1 atom stereocenters. The minimum Gasteiger partial charge on any atom is -0.467 e. The first kappa shape index (κ1) is 14.3. The number of amides is 1. The van der Waals surface area contributed by atoms with E-state index in [1.807, 2.05) is 0 Å². The van der Waals surface area contributed by atoms with Gasteiger partial charge < -0.3 is 14.5 Å². The highest BCUT2D eigenvalue weighted by Gasteiger charge is 2.22. The maximum absolute atomic E-state index is 11.7. The van der Waals surface area contributed by atoms with Crippen molar-refractivity contribution < 1.29 is 18.7 Å². The normalized spacial score (nSPS) is 12.9. The molecule has 1 heterocycles. The molecule has 0 saturated carbocycles. The van der Waals surface area contributed by atoms with Crippen molar-refractivity contribution in [2.75, 3.05) is 0 Å². The number of ether oxygens (including phenoxy) is 1. The van der Waals surface area contributed by atoms with Crippen LogP contribution in [0.3, 0.4) is 0 Å². The molecule has 5 heteroatoms. The van der Waals surface area contributed by atoms with Crippen molar-refractivity contribution >= 4 is 11.9 Å². The Kier molecular flexibility index (Phi) is 4.53. The number of furan rings is 1. The average Bonchev–Trinajstić information content (AvgIpc) is 2.64. The predicted octanol–water partition coefficient (Wildman–Crippen LogP) is 2.82. The third kappa shape index (κ3) is 5.03. The standard InChI is InChI=1S/C13H19NO4/c1-9(15)8-10(11-6-5-7-17-11)14-12(16)18-13(2,3)4/h5-7,10H,8H2,1-4H3,(H,14,16)/t10-/m0/s1. The summed E-state index contributed by atoms with van der Waals surface area (Å²) in [6.45, 7) is 6.80. The lowest BCUT2D eigenvalue weighted by molar-refractivity contribution is -0.117. The van der Waals surface area contributed by atoms with E-state index in [4.69, 9.17) is 9.15 Å². The Bertz CT molecular complexity index is 403. The lowest BCUT2D eigenvalue weighted by Crippen LogP contribution is -2.35. The zero-order valence-electron chi connectivity index (χ0n) is 11.1. The van der Waals surface area contributed by atoms with E-state index in [0.29, 0.717) is 5.76 Å². The first-order valence-electron chi connectivity index (χ1n) is 5.80. The molecular formula is C13H19NO4.